The predicted molar refractivity (Wildman–Crippen MR) is 73.5 cm³/mol. The molecule has 0 radical (unpaired) electrons. The van der Waals surface area contributed by atoms with Crippen LogP contribution in [-0.4, -0.2) is 48.9 Å². The molecule has 2 atom stereocenters. The molecule has 2 aliphatic rings. The van der Waals surface area contributed by atoms with Crippen LogP contribution >= 0.6 is 0 Å². The number of nitrogens with zero attached hydrogens (tertiary/aromatic N) is 1. The summed E-state index contributed by atoms with van der Waals surface area (Å²) in [5, 5.41) is 6.20. The number of piperidine rings is 1. The van der Waals surface area contributed by atoms with E-state index in [1.165, 1.54) is 6.08 Å². The van der Waals surface area contributed by atoms with E-state index < -0.39 is 0 Å². The van der Waals surface area contributed by atoms with E-state index in [0.717, 1.165) is 45.3 Å². The van der Waals surface area contributed by atoms with Gasteiger partial charge in [0.15, 0.2) is 0 Å². The van der Waals surface area contributed by atoms with Crippen molar-refractivity contribution in [2.24, 2.45) is 5.92 Å². The second-order valence-corrected chi connectivity index (χ2v) is 5.39. The predicted octanol–water partition coefficient (Wildman–Crippen LogP) is 0.279. The Hall–Kier alpha value is -1.36. The van der Waals surface area contributed by atoms with Gasteiger partial charge in [-0.05, 0) is 44.2 Å². The third-order valence-electron chi connectivity index (χ3n) is 3.95. The Bertz CT molecular complexity index is 351. The van der Waals surface area contributed by atoms with Crippen LogP contribution < -0.4 is 10.6 Å². The maximum atomic E-state index is 11.9. The average Bonchev–Trinajstić information content (AvgIpc) is 2.98. The molecule has 2 heterocycles. The van der Waals surface area contributed by atoms with E-state index in [9.17, 15) is 9.59 Å². The minimum atomic E-state index is -0.0190. The third kappa shape index (κ3) is 3.80. The maximum absolute atomic E-state index is 11.9. The summed E-state index contributed by atoms with van der Waals surface area (Å²) in [4.78, 5) is 25.3. The molecule has 5 nitrogen and oxygen atoms in total. The standard InChI is InChI=1S/C14H23N3O2/c1-2-13(18)17-8-4-5-11(10-17)9-16-14(19)12-6-3-7-15-12/h2,11-12,15H,1,3-10H2,(H,16,19). The highest BCUT2D eigenvalue weighted by Gasteiger charge is 2.25. The molecule has 0 aromatic carbocycles. The van der Waals surface area contributed by atoms with E-state index in [1.807, 2.05) is 4.90 Å². The molecule has 0 aromatic heterocycles. The summed E-state index contributed by atoms with van der Waals surface area (Å²) in [6, 6.07) is -0.0190. The van der Waals surface area contributed by atoms with Crippen LogP contribution in [-0.2, 0) is 9.59 Å². The van der Waals surface area contributed by atoms with Gasteiger partial charge in [-0.1, -0.05) is 6.58 Å². The molecule has 2 unspecified atom stereocenters. The van der Waals surface area contributed by atoms with E-state index in [2.05, 4.69) is 17.2 Å². The van der Waals surface area contributed by atoms with Crippen molar-refractivity contribution in [3.8, 4) is 0 Å². The van der Waals surface area contributed by atoms with Crippen molar-refractivity contribution in [1.29, 1.82) is 0 Å². The molecular formula is C14H23N3O2. The first-order valence-corrected chi connectivity index (χ1v) is 7.13. The summed E-state index contributed by atoms with van der Waals surface area (Å²) in [5.41, 5.74) is 0. The lowest BCUT2D eigenvalue weighted by Crippen LogP contribution is -2.46. The van der Waals surface area contributed by atoms with Crippen molar-refractivity contribution in [3.63, 3.8) is 0 Å². The molecule has 19 heavy (non-hydrogen) atoms. The van der Waals surface area contributed by atoms with Gasteiger partial charge >= 0.3 is 0 Å². The molecule has 2 fully saturated rings. The lowest BCUT2D eigenvalue weighted by atomic mass is 9.97. The quantitative estimate of drug-likeness (QED) is 0.718. The van der Waals surface area contributed by atoms with Crippen LogP contribution in [0, 0.1) is 5.92 Å². The Morgan fingerprint density at radius 3 is 2.89 bits per heavy atom. The zero-order chi connectivity index (χ0) is 13.7. The Kier molecular flexibility index (Phi) is 4.96. The fourth-order valence-electron chi connectivity index (χ4n) is 2.84. The molecule has 0 saturated carbocycles. The van der Waals surface area contributed by atoms with Crippen LogP contribution in [0.5, 0.6) is 0 Å². The fourth-order valence-corrected chi connectivity index (χ4v) is 2.84. The second kappa shape index (κ2) is 6.70. The normalized spacial score (nSPS) is 27.1. The molecular weight excluding hydrogens is 242 g/mol. The second-order valence-electron chi connectivity index (χ2n) is 5.39. The monoisotopic (exact) mass is 265 g/mol. The van der Waals surface area contributed by atoms with Gasteiger partial charge < -0.3 is 15.5 Å². The SMILES string of the molecule is C=CC(=O)N1CCCC(CNC(=O)C2CCCN2)C1. The lowest BCUT2D eigenvalue weighted by Gasteiger charge is -2.32. The molecule has 0 aromatic rings. The Morgan fingerprint density at radius 2 is 2.21 bits per heavy atom. The van der Waals surface area contributed by atoms with Crippen LogP contribution in [0.4, 0.5) is 0 Å². The number of rotatable bonds is 4. The number of hydrogen-bond donors (Lipinski definition) is 2. The first kappa shape index (κ1) is 14.1. The summed E-state index contributed by atoms with van der Waals surface area (Å²) < 4.78 is 0. The first-order valence-electron chi connectivity index (χ1n) is 7.13. The van der Waals surface area contributed by atoms with Gasteiger partial charge in [-0.2, -0.15) is 0 Å². The minimum Gasteiger partial charge on any atom is -0.354 e. The number of hydrogen-bond acceptors (Lipinski definition) is 3. The molecule has 0 spiro atoms. The number of likely N-dealkylation sites (tertiary alicyclic amines) is 1. The molecule has 2 saturated heterocycles. The molecule has 0 bridgehead atoms. The number of carbonyl (C=O) groups excluding carboxylic acids is 2. The van der Waals surface area contributed by atoms with Crippen LogP contribution in [0.15, 0.2) is 12.7 Å². The molecule has 0 aliphatic carbocycles. The van der Waals surface area contributed by atoms with Crippen LogP contribution in [0.25, 0.3) is 0 Å². The Labute approximate surface area is 114 Å². The van der Waals surface area contributed by atoms with Gasteiger partial charge in [0, 0.05) is 19.6 Å². The van der Waals surface area contributed by atoms with Gasteiger partial charge in [0.25, 0.3) is 0 Å². The number of amides is 2. The van der Waals surface area contributed by atoms with Gasteiger partial charge in [0.1, 0.15) is 0 Å². The van der Waals surface area contributed by atoms with E-state index in [4.69, 9.17) is 0 Å². The van der Waals surface area contributed by atoms with Gasteiger partial charge in [0.05, 0.1) is 6.04 Å². The Balaban J connectivity index is 1.74. The van der Waals surface area contributed by atoms with Crippen LogP contribution in [0.3, 0.4) is 0 Å². The van der Waals surface area contributed by atoms with Crippen molar-refractivity contribution >= 4 is 11.8 Å². The smallest absolute Gasteiger partial charge is 0.245 e. The van der Waals surface area contributed by atoms with Gasteiger partial charge in [-0.15, -0.1) is 0 Å². The molecule has 2 N–H and O–H groups in total. The topological polar surface area (TPSA) is 61.4 Å². The lowest BCUT2D eigenvalue weighted by molar-refractivity contribution is -0.127. The van der Waals surface area contributed by atoms with Crippen molar-refractivity contribution < 1.29 is 9.59 Å². The van der Waals surface area contributed by atoms with Crippen molar-refractivity contribution in [2.45, 2.75) is 31.7 Å². The fraction of sp³-hybridized carbons (Fsp3) is 0.714. The molecule has 106 valence electrons. The van der Waals surface area contributed by atoms with Crippen LogP contribution in [0.1, 0.15) is 25.7 Å². The summed E-state index contributed by atoms with van der Waals surface area (Å²) in [6.07, 6.45) is 5.44. The van der Waals surface area contributed by atoms with E-state index in [-0.39, 0.29) is 17.9 Å². The Morgan fingerprint density at radius 1 is 1.37 bits per heavy atom. The van der Waals surface area contributed by atoms with E-state index in [1.54, 1.807) is 0 Å². The summed E-state index contributed by atoms with van der Waals surface area (Å²) in [5.74, 6) is 0.459. The third-order valence-corrected chi connectivity index (χ3v) is 3.95. The van der Waals surface area contributed by atoms with Crippen molar-refractivity contribution in [1.82, 2.24) is 15.5 Å². The summed E-state index contributed by atoms with van der Waals surface area (Å²) in [6.45, 7) is 6.65. The highest BCUT2D eigenvalue weighted by atomic mass is 16.2. The molecule has 2 amide bonds. The van der Waals surface area contributed by atoms with Gasteiger partial charge in [0.2, 0.25) is 11.8 Å². The summed E-state index contributed by atoms with van der Waals surface area (Å²) >= 11 is 0. The van der Waals surface area contributed by atoms with E-state index >= 15 is 0 Å². The van der Waals surface area contributed by atoms with Crippen molar-refractivity contribution in [2.75, 3.05) is 26.2 Å². The minimum absolute atomic E-state index is 0.00603. The zero-order valence-corrected chi connectivity index (χ0v) is 11.4. The van der Waals surface area contributed by atoms with Gasteiger partial charge in [-0.3, -0.25) is 9.59 Å². The largest absolute Gasteiger partial charge is 0.354 e. The summed E-state index contributed by atoms with van der Waals surface area (Å²) in [7, 11) is 0. The highest BCUT2D eigenvalue weighted by molar-refractivity contribution is 5.87. The first-order chi connectivity index (χ1) is 9.20. The average molecular weight is 265 g/mol. The molecule has 2 aliphatic heterocycles. The molecule has 2 rings (SSSR count). The van der Waals surface area contributed by atoms with E-state index in [0.29, 0.717) is 12.5 Å². The highest BCUT2D eigenvalue weighted by Crippen LogP contribution is 2.16. The number of carbonyl (C=O) groups is 2. The molecule has 5 heteroatoms. The maximum Gasteiger partial charge on any atom is 0.245 e. The van der Waals surface area contributed by atoms with Crippen molar-refractivity contribution in [3.05, 3.63) is 12.7 Å². The number of nitrogens with one attached hydrogen (secondary N) is 2. The zero-order valence-electron chi connectivity index (χ0n) is 11.4. The van der Waals surface area contributed by atoms with Gasteiger partial charge in [-0.25, -0.2) is 0 Å². The van der Waals surface area contributed by atoms with Crippen LogP contribution in [0.2, 0.25) is 0 Å².